The lowest BCUT2D eigenvalue weighted by Crippen LogP contribution is -2.63. The second kappa shape index (κ2) is 3.83. The van der Waals surface area contributed by atoms with Crippen LogP contribution in [0.4, 0.5) is 5.69 Å². The topological polar surface area (TPSA) is 67.2 Å². The SMILES string of the molecule is CC1C(=O)NC(C2CC2)C(=O)N1c1cnn(C)c1. The molecule has 1 aliphatic heterocycles. The van der Waals surface area contributed by atoms with Crippen LogP contribution in [-0.2, 0) is 16.6 Å². The summed E-state index contributed by atoms with van der Waals surface area (Å²) in [4.78, 5) is 26.0. The lowest BCUT2D eigenvalue weighted by atomic mass is 10.0. The lowest BCUT2D eigenvalue weighted by molar-refractivity contribution is -0.133. The van der Waals surface area contributed by atoms with Gasteiger partial charge in [0.1, 0.15) is 12.1 Å². The highest BCUT2D eigenvalue weighted by Gasteiger charge is 2.46. The van der Waals surface area contributed by atoms with Crippen LogP contribution >= 0.6 is 0 Å². The fraction of sp³-hybridized carbons (Fsp3) is 0.583. The van der Waals surface area contributed by atoms with E-state index in [1.807, 2.05) is 0 Å². The van der Waals surface area contributed by atoms with Gasteiger partial charge in [-0.2, -0.15) is 5.10 Å². The number of piperazine rings is 1. The highest BCUT2D eigenvalue weighted by Crippen LogP contribution is 2.36. The van der Waals surface area contributed by atoms with Crippen molar-refractivity contribution in [3.63, 3.8) is 0 Å². The van der Waals surface area contributed by atoms with Crippen LogP contribution < -0.4 is 10.2 Å². The quantitative estimate of drug-likeness (QED) is 0.804. The van der Waals surface area contributed by atoms with Crippen LogP contribution in [0.1, 0.15) is 19.8 Å². The Balaban J connectivity index is 1.93. The molecule has 2 aliphatic rings. The van der Waals surface area contributed by atoms with Crippen molar-refractivity contribution in [2.24, 2.45) is 13.0 Å². The molecule has 1 aliphatic carbocycles. The monoisotopic (exact) mass is 248 g/mol. The minimum Gasteiger partial charge on any atom is -0.342 e. The normalized spacial score (nSPS) is 28.4. The predicted molar refractivity (Wildman–Crippen MR) is 64.8 cm³/mol. The van der Waals surface area contributed by atoms with Crippen molar-refractivity contribution in [2.45, 2.75) is 31.8 Å². The van der Waals surface area contributed by atoms with E-state index in [0.717, 1.165) is 12.8 Å². The Bertz CT molecular complexity index is 506. The summed E-state index contributed by atoms with van der Waals surface area (Å²) in [6, 6.07) is -0.828. The fourth-order valence-corrected chi connectivity index (χ4v) is 2.43. The van der Waals surface area contributed by atoms with Crippen molar-refractivity contribution in [1.82, 2.24) is 15.1 Å². The first-order chi connectivity index (χ1) is 8.58. The number of rotatable bonds is 2. The van der Waals surface area contributed by atoms with Gasteiger partial charge in [0.15, 0.2) is 0 Å². The summed E-state index contributed by atoms with van der Waals surface area (Å²) in [6.45, 7) is 1.74. The van der Waals surface area contributed by atoms with Crippen LogP contribution in [-0.4, -0.2) is 33.7 Å². The van der Waals surface area contributed by atoms with Crippen molar-refractivity contribution in [1.29, 1.82) is 0 Å². The molecule has 2 atom stereocenters. The van der Waals surface area contributed by atoms with E-state index in [2.05, 4.69) is 10.4 Å². The molecule has 2 amide bonds. The molecule has 1 N–H and O–H groups in total. The number of anilines is 1. The summed E-state index contributed by atoms with van der Waals surface area (Å²) < 4.78 is 1.63. The molecule has 2 heterocycles. The molecule has 6 nitrogen and oxygen atoms in total. The van der Waals surface area contributed by atoms with E-state index >= 15 is 0 Å². The average molecular weight is 248 g/mol. The first kappa shape index (κ1) is 11.3. The molecule has 1 saturated heterocycles. The molecule has 2 fully saturated rings. The van der Waals surface area contributed by atoms with Gasteiger partial charge in [-0.3, -0.25) is 19.2 Å². The van der Waals surface area contributed by atoms with Gasteiger partial charge in [0.05, 0.1) is 11.9 Å². The third-order valence-electron chi connectivity index (χ3n) is 3.63. The largest absolute Gasteiger partial charge is 0.342 e. The Morgan fingerprint density at radius 2 is 2.11 bits per heavy atom. The van der Waals surface area contributed by atoms with Crippen LogP contribution in [0.25, 0.3) is 0 Å². The first-order valence-electron chi connectivity index (χ1n) is 6.20. The van der Waals surface area contributed by atoms with Gasteiger partial charge >= 0.3 is 0 Å². The number of nitrogens with zero attached hydrogens (tertiary/aromatic N) is 3. The third kappa shape index (κ3) is 1.68. The highest BCUT2D eigenvalue weighted by molar-refractivity contribution is 6.08. The maximum absolute atomic E-state index is 12.4. The van der Waals surface area contributed by atoms with Crippen molar-refractivity contribution in [3.8, 4) is 0 Å². The molecule has 3 rings (SSSR count). The zero-order chi connectivity index (χ0) is 12.9. The van der Waals surface area contributed by atoms with Crippen LogP contribution in [0.5, 0.6) is 0 Å². The standard InChI is InChI=1S/C12H16N4O2/c1-7-11(17)14-10(8-3-4-8)12(18)16(7)9-5-13-15(2)6-9/h5-8,10H,3-4H2,1-2H3,(H,14,17). The van der Waals surface area contributed by atoms with Crippen molar-refractivity contribution >= 4 is 17.5 Å². The average Bonchev–Trinajstić information content (AvgIpc) is 3.08. The summed E-state index contributed by atoms with van der Waals surface area (Å²) in [6.07, 6.45) is 5.42. The molecule has 96 valence electrons. The summed E-state index contributed by atoms with van der Waals surface area (Å²) in [5, 5.41) is 6.89. The molecule has 0 bridgehead atoms. The summed E-state index contributed by atoms with van der Waals surface area (Å²) in [7, 11) is 1.79. The fourth-order valence-electron chi connectivity index (χ4n) is 2.43. The Morgan fingerprint density at radius 3 is 2.67 bits per heavy atom. The Kier molecular flexibility index (Phi) is 2.39. The van der Waals surface area contributed by atoms with E-state index in [1.165, 1.54) is 0 Å². The number of aromatic nitrogens is 2. The van der Waals surface area contributed by atoms with E-state index in [4.69, 9.17) is 0 Å². The zero-order valence-corrected chi connectivity index (χ0v) is 10.5. The van der Waals surface area contributed by atoms with Crippen LogP contribution in [0.2, 0.25) is 0 Å². The molecule has 1 aromatic rings. The molecular weight excluding hydrogens is 232 g/mol. The van der Waals surface area contributed by atoms with Crippen molar-refractivity contribution < 1.29 is 9.59 Å². The maximum atomic E-state index is 12.4. The molecule has 1 aromatic heterocycles. The minimum atomic E-state index is -0.475. The molecule has 0 spiro atoms. The molecule has 6 heteroatoms. The Hall–Kier alpha value is -1.85. The van der Waals surface area contributed by atoms with Gasteiger partial charge in [-0.15, -0.1) is 0 Å². The van der Waals surface area contributed by atoms with E-state index in [-0.39, 0.29) is 17.9 Å². The molecule has 0 aromatic carbocycles. The van der Waals surface area contributed by atoms with E-state index in [1.54, 1.807) is 35.9 Å². The first-order valence-corrected chi connectivity index (χ1v) is 6.20. The lowest BCUT2D eigenvalue weighted by Gasteiger charge is -2.36. The summed E-state index contributed by atoms with van der Waals surface area (Å²) >= 11 is 0. The van der Waals surface area contributed by atoms with E-state index < -0.39 is 6.04 Å². The molecule has 18 heavy (non-hydrogen) atoms. The van der Waals surface area contributed by atoms with E-state index in [9.17, 15) is 9.59 Å². The van der Waals surface area contributed by atoms with Gasteiger partial charge in [-0.1, -0.05) is 0 Å². The number of carbonyl (C=O) groups excluding carboxylic acids is 2. The number of nitrogens with one attached hydrogen (secondary N) is 1. The zero-order valence-electron chi connectivity index (χ0n) is 10.5. The third-order valence-corrected chi connectivity index (χ3v) is 3.63. The number of hydrogen-bond donors (Lipinski definition) is 1. The van der Waals surface area contributed by atoms with Crippen LogP contribution in [0, 0.1) is 5.92 Å². The number of hydrogen-bond acceptors (Lipinski definition) is 3. The predicted octanol–water partition coefficient (Wildman–Crippen LogP) is 0.0500. The second-order valence-corrected chi connectivity index (χ2v) is 5.08. The molecule has 2 unspecified atom stereocenters. The molecule has 0 radical (unpaired) electrons. The van der Waals surface area contributed by atoms with Crippen molar-refractivity contribution in [2.75, 3.05) is 4.90 Å². The van der Waals surface area contributed by atoms with Crippen molar-refractivity contribution in [3.05, 3.63) is 12.4 Å². The maximum Gasteiger partial charge on any atom is 0.250 e. The second-order valence-electron chi connectivity index (χ2n) is 5.08. The van der Waals surface area contributed by atoms with Gasteiger partial charge in [0, 0.05) is 13.2 Å². The summed E-state index contributed by atoms with van der Waals surface area (Å²) in [5.74, 6) is 0.209. The van der Waals surface area contributed by atoms with Gasteiger partial charge in [0.2, 0.25) is 5.91 Å². The van der Waals surface area contributed by atoms with Gasteiger partial charge in [-0.25, -0.2) is 0 Å². The smallest absolute Gasteiger partial charge is 0.250 e. The number of amides is 2. The van der Waals surface area contributed by atoms with Gasteiger partial charge in [-0.05, 0) is 25.7 Å². The van der Waals surface area contributed by atoms with Crippen LogP contribution in [0.15, 0.2) is 12.4 Å². The number of aryl methyl sites for hydroxylation is 1. The number of carbonyl (C=O) groups is 2. The van der Waals surface area contributed by atoms with Gasteiger partial charge < -0.3 is 5.32 Å². The Morgan fingerprint density at radius 1 is 1.39 bits per heavy atom. The minimum absolute atomic E-state index is 0.0161. The molecular formula is C12H16N4O2. The summed E-state index contributed by atoms with van der Waals surface area (Å²) in [5.41, 5.74) is 0.690. The van der Waals surface area contributed by atoms with Crippen LogP contribution in [0.3, 0.4) is 0 Å². The van der Waals surface area contributed by atoms with Gasteiger partial charge in [0.25, 0.3) is 5.91 Å². The highest BCUT2D eigenvalue weighted by atomic mass is 16.2. The Labute approximate surface area is 105 Å². The molecule has 1 saturated carbocycles. The van der Waals surface area contributed by atoms with E-state index in [0.29, 0.717) is 11.6 Å².